The molecule has 8 nitrogen and oxygen atoms in total. The third-order valence-electron chi connectivity index (χ3n) is 6.29. The first-order valence-electron chi connectivity index (χ1n) is 8.73. The van der Waals surface area contributed by atoms with Crippen molar-refractivity contribution in [2.75, 3.05) is 11.4 Å². The van der Waals surface area contributed by atoms with Crippen molar-refractivity contribution in [2.45, 2.75) is 39.7 Å². The molecule has 0 amide bonds. The summed E-state index contributed by atoms with van der Waals surface area (Å²) in [6.45, 7) is 7.99. The summed E-state index contributed by atoms with van der Waals surface area (Å²) in [5.41, 5.74) is 2.36. The molecule has 136 valence electrons. The Hall–Kier alpha value is -2.77. The van der Waals surface area contributed by atoms with Gasteiger partial charge in [0, 0.05) is 36.0 Å². The summed E-state index contributed by atoms with van der Waals surface area (Å²) in [6.07, 6.45) is 6.89. The molecule has 1 aliphatic heterocycles. The van der Waals surface area contributed by atoms with Crippen molar-refractivity contribution in [1.29, 1.82) is 0 Å². The third kappa shape index (κ3) is 2.56. The van der Waals surface area contributed by atoms with Crippen molar-refractivity contribution >= 4 is 17.6 Å². The second kappa shape index (κ2) is 5.62. The van der Waals surface area contributed by atoms with E-state index in [4.69, 9.17) is 0 Å². The number of nitrogens with zero attached hydrogens (tertiary/aromatic N) is 6. The number of hydrogen-bond acceptors (Lipinski definition) is 6. The Kier molecular flexibility index (Phi) is 3.61. The van der Waals surface area contributed by atoms with Crippen molar-refractivity contribution in [3.05, 3.63) is 46.5 Å². The minimum absolute atomic E-state index is 0.0647. The maximum atomic E-state index is 11.2. The maximum absolute atomic E-state index is 11.2. The summed E-state index contributed by atoms with van der Waals surface area (Å²) in [6, 6.07) is 5.47. The van der Waals surface area contributed by atoms with Crippen LogP contribution in [0, 0.1) is 20.9 Å². The average Bonchev–Trinajstić information content (AvgIpc) is 3.25. The fraction of sp³-hybridized carbons (Fsp3) is 0.500. The van der Waals surface area contributed by atoms with Gasteiger partial charge in [-0.25, -0.2) is 4.68 Å². The summed E-state index contributed by atoms with van der Waals surface area (Å²) in [4.78, 5) is 13.2. The zero-order valence-corrected chi connectivity index (χ0v) is 15.2. The number of nitro groups is 1. The first-order valence-corrected chi connectivity index (χ1v) is 8.73. The standard InChI is InChI=1S/C18H22N6O2/c1-17(2)7-15-8-18(17,3)10-23(15)16-5-4-14(24(25)26)6-13(16)9-21-22-11-19-20-12-22/h4-6,9,11-12,15H,7-8,10H2,1-3H3/b21-9-/t15-,18-/m0/s1. The molecular formula is C18H22N6O2. The highest BCUT2D eigenvalue weighted by atomic mass is 16.6. The van der Waals surface area contributed by atoms with E-state index in [9.17, 15) is 10.1 Å². The molecular weight excluding hydrogens is 332 g/mol. The van der Waals surface area contributed by atoms with Gasteiger partial charge < -0.3 is 4.90 Å². The molecule has 2 heterocycles. The van der Waals surface area contributed by atoms with E-state index in [1.807, 2.05) is 6.07 Å². The second-order valence-corrected chi connectivity index (χ2v) is 8.22. The van der Waals surface area contributed by atoms with Gasteiger partial charge in [0.2, 0.25) is 0 Å². The van der Waals surface area contributed by atoms with Gasteiger partial charge in [-0.3, -0.25) is 10.1 Å². The molecule has 2 bridgehead atoms. The van der Waals surface area contributed by atoms with E-state index in [0.29, 0.717) is 11.5 Å². The topological polar surface area (TPSA) is 89.5 Å². The summed E-state index contributed by atoms with van der Waals surface area (Å²) >= 11 is 0. The molecule has 0 unspecified atom stereocenters. The van der Waals surface area contributed by atoms with E-state index in [-0.39, 0.29) is 16.0 Å². The number of anilines is 1. The smallest absolute Gasteiger partial charge is 0.270 e. The van der Waals surface area contributed by atoms with Gasteiger partial charge >= 0.3 is 0 Å². The van der Waals surface area contributed by atoms with Gasteiger partial charge in [-0.05, 0) is 29.7 Å². The molecule has 2 aliphatic rings. The van der Waals surface area contributed by atoms with E-state index < -0.39 is 0 Å². The second-order valence-electron chi connectivity index (χ2n) is 8.22. The molecule has 2 atom stereocenters. The summed E-state index contributed by atoms with van der Waals surface area (Å²) in [5, 5.41) is 22.9. The minimum atomic E-state index is -0.375. The van der Waals surface area contributed by atoms with Gasteiger partial charge in [-0.1, -0.05) is 20.8 Å². The largest absolute Gasteiger partial charge is 0.367 e. The lowest BCUT2D eigenvalue weighted by molar-refractivity contribution is -0.384. The maximum Gasteiger partial charge on any atom is 0.270 e. The Balaban J connectivity index is 1.71. The van der Waals surface area contributed by atoms with Gasteiger partial charge in [0.05, 0.1) is 11.1 Å². The van der Waals surface area contributed by atoms with Crippen LogP contribution in [0.3, 0.4) is 0 Å². The van der Waals surface area contributed by atoms with Gasteiger partial charge in [0.15, 0.2) is 0 Å². The van der Waals surface area contributed by atoms with Crippen LogP contribution in [0.15, 0.2) is 36.0 Å². The molecule has 4 rings (SSSR count). The number of fused-ring (bicyclic) bond motifs is 2. The summed E-state index contributed by atoms with van der Waals surface area (Å²) in [5.74, 6) is 0. The van der Waals surface area contributed by atoms with Crippen LogP contribution >= 0.6 is 0 Å². The number of non-ortho nitro benzene ring substituents is 1. The van der Waals surface area contributed by atoms with Crippen LogP contribution in [0.1, 0.15) is 39.2 Å². The fourth-order valence-corrected chi connectivity index (χ4v) is 4.39. The molecule has 26 heavy (non-hydrogen) atoms. The monoisotopic (exact) mass is 354 g/mol. The Labute approximate surface area is 151 Å². The lowest BCUT2D eigenvalue weighted by Gasteiger charge is -2.44. The van der Waals surface area contributed by atoms with Crippen LogP contribution in [-0.2, 0) is 0 Å². The Morgan fingerprint density at radius 1 is 1.27 bits per heavy atom. The quantitative estimate of drug-likeness (QED) is 0.478. The van der Waals surface area contributed by atoms with E-state index in [1.54, 1.807) is 18.3 Å². The van der Waals surface area contributed by atoms with Crippen LogP contribution in [0.2, 0.25) is 0 Å². The molecule has 0 N–H and O–H groups in total. The lowest BCUT2D eigenvalue weighted by atomic mass is 9.69. The molecule has 1 aromatic carbocycles. The third-order valence-corrected chi connectivity index (χ3v) is 6.29. The van der Waals surface area contributed by atoms with E-state index in [2.05, 4.69) is 41.0 Å². The fourth-order valence-electron chi connectivity index (χ4n) is 4.39. The number of aromatic nitrogens is 3. The van der Waals surface area contributed by atoms with Crippen LogP contribution in [0.25, 0.3) is 0 Å². The number of piperidine rings is 1. The van der Waals surface area contributed by atoms with Crippen LogP contribution in [0.5, 0.6) is 0 Å². The van der Waals surface area contributed by atoms with E-state index in [1.165, 1.54) is 17.3 Å². The minimum Gasteiger partial charge on any atom is -0.367 e. The molecule has 2 fully saturated rings. The Morgan fingerprint density at radius 2 is 2.00 bits per heavy atom. The molecule has 0 radical (unpaired) electrons. The van der Waals surface area contributed by atoms with Gasteiger partial charge in [-0.2, -0.15) is 5.10 Å². The van der Waals surface area contributed by atoms with Gasteiger partial charge in [0.25, 0.3) is 5.69 Å². The summed E-state index contributed by atoms with van der Waals surface area (Å²) in [7, 11) is 0. The first kappa shape index (κ1) is 16.7. The van der Waals surface area contributed by atoms with Gasteiger partial charge in [-0.15, -0.1) is 10.2 Å². The number of rotatable bonds is 4. The highest BCUT2D eigenvalue weighted by Crippen LogP contribution is 2.59. The number of benzene rings is 1. The SMILES string of the molecule is CC1(C)C[C@H]2C[C@@]1(C)CN2c1ccc([N+](=O)[O-])cc1/C=N\n1cnnc1. The molecule has 8 heteroatoms. The zero-order chi connectivity index (χ0) is 18.5. The highest BCUT2D eigenvalue weighted by molar-refractivity contribution is 5.89. The molecule has 1 aromatic heterocycles. The molecule has 1 aliphatic carbocycles. The van der Waals surface area contributed by atoms with Crippen molar-refractivity contribution in [2.24, 2.45) is 15.9 Å². The predicted octanol–water partition coefficient (Wildman–Crippen LogP) is 3.08. The van der Waals surface area contributed by atoms with Crippen LogP contribution in [0.4, 0.5) is 11.4 Å². The highest BCUT2D eigenvalue weighted by Gasteiger charge is 2.57. The van der Waals surface area contributed by atoms with Gasteiger partial charge in [0.1, 0.15) is 12.7 Å². The van der Waals surface area contributed by atoms with Crippen molar-refractivity contribution < 1.29 is 4.92 Å². The van der Waals surface area contributed by atoms with E-state index in [0.717, 1.165) is 30.6 Å². The molecule has 1 saturated heterocycles. The average molecular weight is 354 g/mol. The predicted molar refractivity (Wildman–Crippen MR) is 98.4 cm³/mol. The normalized spacial score (nSPS) is 26.7. The lowest BCUT2D eigenvalue weighted by Crippen LogP contribution is -2.44. The Bertz CT molecular complexity index is 874. The van der Waals surface area contributed by atoms with Crippen molar-refractivity contribution in [3.8, 4) is 0 Å². The number of hydrogen-bond donors (Lipinski definition) is 0. The molecule has 0 spiro atoms. The Morgan fingerprint density at radius 3 is 2.58 bits per heavy atom. The molecule has 2 aromatic rings. The molecule has 1 saturated carbocycles. The van der Waals surface area contributed by atoms with Crippen molar-refractivity contribution in [3.63, 3.8) is 0 Å². The van der Waals surface area contributed by atoms with Crippen LogP contribution < -0.4 is 4.90 Å². The zero-order valence-electron chi connectivity index (χ0n) is 15.2. The first-order chi connectivity index (χ1) is 12.3. The van der Waals surface area contributed by atoms with E-state index >= 15 is 0 Å². The number of nitro benzene ring substituents is 1. The van der Waals surface area contributed by atoms with Crippen molar-refractivity contribution in [1.82, 2.24) is 14.9 Å². The van der Waals surface area contributed by atoms with Crippen LogP contribution in [-0.4, -0.2) is 38.6 Å². The summed E-state index contributed by atoms with van der Waals surface area (Å²) < 4.78 is 1.48.